The van der Waals surface area contributed by atoms with Crippen LogP contribution in [0.25, 0.3) is 21.5 Å². The van der Waals surface area contributed by atoms with Crippen LogP contribution in [0.5, 0.6) is 0 Å². The van der Waals surface area contributed by atoms with Crippen molar-refractivity contribution in [3.63, 3.8) is 0 Å². The van der Waals surface area contributed by atoms with Gasteiger partial charge in [0.1, 0.15) is 0 Å². The number of rotatable bonds is 0. The maximum absolute atomic E-state index is 2.20. The largest absolute Gasteiger partial charge is 4.00 e. The van der Waals surface area contributed by atoms with Crippen LogP contribution in [0.1, 0.15) is 11.1 Å². The average Bonchev–Trinajstić information content (AvgIpc) is 3.08. The van der Waals surface area contributed by atoms with Gasteiger partial charge in [-0.25, -0.2) is 0 Å². The van der Waals surface area contributed by atoms with Gasteiger partial charge < -0.3 is 14.9 Å². The molecule has 0 atom stereocenters. The van der Waals surface area contributed by atoms with Crippen LogP contribution in [0.2, 0.25) is 13.1 Å². The quantitative estimate of drug-likeness (QED) is 0.141. The van der Waals surface area contributed by atoms with Gasteiger partial charge in [0.25, 0.3) is 0 Å². The molecule has 0 saturated carbocycles. The minimum Gasteiger partial charge on any atom is -0.358 e. The van der Waals surface area contributed by atoms with Crippen molar-refractivity contribution in [1.29, 1.82) is 0 Å². The topological polar surface area (TPSA) is 0 Å². The van der Waals surface area contributed by atoms with Crippen molar-refractivity contribution in [1.82, 2.24) is 0 Å². The summed E-state index contributed by atoms with van der Waals surface area (Å²) in [7, 11) is 1.08. The molecule has 0 aliphatic carbocycles. The molecule has 0 unspecified atom stereocenters. The fraction of sp³-hybridized carbons (Fsp3) is 0.167. The van der Waals surface area contributed by atoms with E-state index in [0.717, 1.165) is 9.52 Å². The van der Waals surface area contributed by atoms with Gasteiger partial charge in [0.2, 0.25) is 0 Å². The van der Waals surface area contributed by atoms with E-state index in [4.69, 9.17) is 0 Å². The van der Waals surface area contributed by atoms with E-state index < -0.39 is 0 Å². The molecule has 0 spiro atoms. The summed E-state index contributed by atoms with van der Waals surface area (Å²) in [6.07, 6.45) is 0. The van der Waals surface area contributed by atoms with Crippen molar-refractivity contribution < 1.29 is 25.8 Å². The predicted octanol–water partition coefficient (Wildman–Crippen LogP) is 8.26. The first-order valence-electron chi connectivity index (χ1n) is 7.96. The summed E-state index contributed by atoms with van der Waals surface area (Å²) in [5.74, 6) is 0. The number of halogens is 2. The molecule has 0 saturated heterocycles. The van der Waals surface area contributed by atoms with E-state index >= 15 is 0 Å². The van der Waals surface area contributed by atoms with Gasteiger partial charge in [0, 0.05) is 9.52 Å². The zero-order valence-corrected chi connectivity index (χ0v) is 24.0. The van der Waals surface area contributed by atoms with Crippen molar-refractivity contribution in [2.24, 2.45) is 0 Å². The Labute approximate surface area is 206 Å². The first-order chi connectivity index (χ1) is 11.1. The SMILES string of the molecule is C[Si]C.Cc1cc2ccccc2[cH-]1.Cc1cc2ccccc2[cH-]1.Cl.Cl.[CH3-].[CH3-].[Hf+4]. The Kier molecular flexibility index (Phi) is 22.8. The first kappa shape index (κ1) is 34.8. The normalized spacial score (nSPS) is 8.14. The van der Waals surface area contributed by atoms with Gasteiger partial charge in [-0.3, -0.25) is 0 Å². The second kappa shape index (κ2) is 18.4. The Morgan fingerprint density at radius 1 is 0.643 bits per heavy atom. The molecule has 28 heavy (non-hydrogen) atoms. The van der Waals surface area contributed by atoms with Crippen LogP contribution in [0.3, 0.4) is 0 Å². The minimum atomic E-state index is 0. The van der Waals surface area contributed by atoms with Crippen molar-refractivity contribution in [3.8, 4) is 0 Å². The average molecular weight is 598 g/mol. The smallest absolute Gasteiger partial charge is 0.358 e. The Morgan fingerprint density at radius 2 is 0.929 bits per heavy atom. The summed E-state index contributed by atoms with van der Waals surface area (Å²) >= 11 is 0. The zero-order valence-electron chi connectivity index (χ0n) is 17.7. The van der Waals surface area contributed by atoms with Gasteiger partial charge >= 0.3 is 25.8 Å². The van der Waals surface area contributed by atoms with E-state index in [-0.39, 0.29) is 65.5 Å². The van der Waals surface area contributed by atoms with Gasteiger partial charge in [-0.05, 0) is 0 Å². The molecule has 0 heterocycles. The standard InChI is InChI=1S/2C10H9.C2H6Si.2CH3.2ClH.Hf/c2*1-8-6-9-4-2-3-5-10(9)7-8;1-3-2;;;;;/h2*2-7H,1H3;1-2H3;2*1H3;2*1H;/q2*-1;;2*-1;;;+4. The molecule has 0 nitrogen and oxygen atoms in total. The minimum absolute atomic E-state index is 0. The molecule has 4 aromatic carbocycles. The molecule has 150 valence electrons. The summed E-state index contributed by atoms with van der Waals surface area (Å²) < 4.78 is 0. The molecule has 0 N–H and O–H groups in total. The van der Waals surface area contributed by atoms with Gasteiger partial charge in [0.05, 0.1) is 0 Å². The zero-order chi connectivity index (χ0) is 16.7. The summed E-state index contributed by atoms with van der Waals surface area (Å²) in [5.41, 5.74) is 2.70. The van der Waals surface area contributed by atoms with E-state index in [2.05, 4.69) is 99.7 Å². The van der Waals surface area contributed by atoms with Gasteiger partial charge in [-0.2, -0.15) is 12.1 Å². The molecule has 4 rings (SSSR count). The number of aryl methyl sites for hydroxylation is 2. The molecule has 0 amide bonds. The second-order valence-corrected chi connectivity index (χ2v) is 6.82. The fourth-order valence-electron chi connectivity index (χ4n) is 2.61. The summed E-state index contributed by atoms with van der Waals surface area (Å²) in [6.45, 7) is 8.56. The summed E-state index contributed by atoms with van der Waals surface area (Å²) in [5, 5.41) is 5.39. The van der Waals surface area contributed by atoms with Crippen molar-refractivity contribution in [3.05, 3.63) is 98.8 Å². The molecule has 2 radical (unpaired) electrons. The molecule has 0 bridgehead atoms. The van der Waals surface area contributed by atoms with Crippen molar-refractivity contribution >= 4 is 55.9 Å². The number of hydrogen-bond donors (Lipinski definition) is 0. The molecule has 4 heteroatoms. The Hall–Kier alpha value is -0.673. The molecule has 0 aliphatic rings. The van der Waals surface area contributed by atoms with E-state index in [0.29, 0.717) is 0 Å². The third-order valence-electron chi connectivity index (χ3n) is 3.52. The molecule has 0 aliphatic heterocycles. The molecule has 4 aromatic rings. The maximum Gasteiger partial charge on any atom is 4.00 e. The number of hydrogen-bond acceptors (Lipinski definition) is 0. The first-order valence-corrected chi connectivity index (χ1v) is 9.96. The van der Waals surface area contributed by atoms with Gasteiger partial charge in [0.15, 0.2) is 0 Å². The summed E-state index contributed by atoms with van der Waals surface area (Å²) in [6, 6.07) is 25.7. The molecular weight excluding hydrogens is 566 g/mol. The maximum atomic E-state index is 2.20. The number of fused-ring (bicyclic) bond motifs is 2. The van der Waals surface area contributed by atoms with E-state index in [9.17, 15) is 0 Å². The van der Waals surface area contributed by atoms with Crippen LogP contribution in [0.15, 0.2) is 72.8 Å². The van der Waals surface area contributed by atoms with Crippen LogP contribution in [-0.2, 0) is 25.8 Å². The number of benzene rings is 2. The van der Waals surface area contributed by atoms with Crippen molar-refractivity contribution in [2.45, 2.75) is 26.9 Å². The second-order valence-electron chi connectivity index (χ2n) is 5.82. The molecule has 0 fully saturated rings. The third-order valence-corrected chi connectivity index (χ3v) is 3.52. The monoisotopic (exact) mass is 598 g/mol. The van der Waals surface area contributed by atoms with Gasteiger partial charge in [-0.1, -0.05) is 39.1 Å². The van der Waals surface area contributed by atoms with E-state index in [1.54, 1.807) is 0 Å². The molecule has 0 aromatic heterocycles. The van der Waals surface area contributed by atoms with E-state index in [1.165, 1.54) is 32.7 Å². The fourth-order valence-corrected chi connectivity index (χ4v) is 2.61. The van der Waals surface area contributed by atoms with Crippen LogP contribution in [0, 0.1) is 28.7 Å². The predicted molar refractivity (Wildman–Crippen MR) is 133 cm³/mol. The molecular formula is C24H32Cl2HfSi. The van der Waals surface area contributed by atoms with Crippen LogP contribution < -0.4 is 0 Å². The third kappa shape index (κ3) is 10.8. The van der Waals surface area contributed by atoms with E-state index in [1.807, 2.05) is 0 Å². The Morgan fingerprint density at radius 3 is 1.21 bits per heavy atom. The van der Waals surface area contributed by atoms with Crippen LogP contribution >= 0.6 is 24.8 Å². The summed E-state index contributed by atoms with van der Waals surface area (Å²) in [4.78, 5) is 0. The Balaban J connectivity index is -0.000000156. The van der Waals surface area contributed by atoms with Crippen LogP contribution in [-0.4, -0.2) is 9.52 Å². The Bertz CT molecular complexity index is 727. The van der Waals surface area contributed by atoms with Crippen molar-refractivity contribution in [2.75, 3.05) is 0 Å². The van der Waals surface area contributed by atoms with Crippen LogP contribution in [0.4, 0.5) is 0 Å². The van der Waals surface area contributed by atoms with Gasteiger partial charge in [-0.15, -0.1) is 106 Å².